The van der Waals surface area contributed by atoms with Crippen LogP contribution in [-0.4, -0.2) is 38.4 Å². The molecule has 1 heterocycles. The van der Waals surface area contributed by atoms with Crippen molar-refractivity contribution in [3.63, 3.8) is 0 Å². The number of rotatable bonds is 9. The lowest BCUT2D eigenvalue weighted by Crippen LogP contribution is -2.31. The molecule has 2 aromatic carbocycles. The van der Waals surface area contributed by atoms with Crippen molar-refractivity contribution in [1.29, 1.82) is 5.26 Å². The molecule has 1 unspecified atom stereocenters. The summed E-state index contributed by atoms with van der Waals surface area (Å²) in [5.41, 5.74) is 2.55. The fourth-order valence-electron chi connectivity index (χ4n) is 4.00. The summed E-state index contributed by atoms with van der Waals surface area (Å²) < 4.78 is 5.03. The van der Waals surface area contributed by atoms with Crippen LogP contribution in [0.4, 0.5) is 11.4 Å². The molecule has 0 saturated carbocycles. The highest BCUT2D eigenvalue weighted by Gasteiger charge is 2.31. The van der Waals surface area contributed by atoms with E-state index in [4.69, 9.17) is 4.74 Å². The van der Waals surface area contributed by atoms with Crippen LogP contribution in [0, 0.1) is 11.3 Å². The molecule has 0 aromatic heterocycles. The summed E-state index contributed by atoms with van der Waals surface area (Å²) in [4.78, 5) is 41.2. The summed E-state index contributed by atoms with van der Waals surface area (Å²) in [5.74, 6) is -0.735. The van der Waals surface area contributed by atoms with Gasteiger partial charge in [-0.1, -0.05) is 42.5 Å². The van der Waals surface area contributed by atoms with E-state index in [2.05, 4.69) is 5.32 Å². The number of nitrogens with zero attached hydrogens (tertiary/aromatic N) is 3. The molecule has 0 saturated heterocycles. The van der Waals surface area contributed by atoms with Gasteiger partial charge in [0.2, 0.25) is 5.91 Å². The second-order valence-electron chi connectivity index (χ2n) is 7.88. The van der Waals surface area contributed by atoms with E-state index in [0.29, 0.717) is 5.82 Å². The van der Waals surface area contributed by atoms with Gasteiger partial charge in [0.1, 0.15) is 17.5 Å². The standard InChI is InChI=1S/C26H28N4O4/c1-4-34-25(33)16-20(18-10-6-5-7-11-18)28-24(32)15-14-23(31)19(17-27)26-29(2)21-12-8-9-13-22(21)30(26)3/h5-13,20H,4,14-16H2,1-3H3,(H,28,32). The third-order valence-electron chi connectivity index (χ3n) is 5.65. The summed E-state index contributed by atoms with van der Waals surface area (Å²) in [5, 5.41) is 12.6. The van der Waals surface area contributed by atoms with Gasteiger partial charge in [0.25, 0.3) is 0 Å². The van der Waals surface area contributed by atoms with Crippen LogP contribution in [0.3, 0.4) is 0 Å². The van der Waals surface area contributed by atoms with E-state index < -0.39 is 17.8 Å². The molecule has 34 heavy (non-hydrogen) atoms. The van der Waals surface area contributed by atoms with E-state index in [1.807, 2.05) is 60.7 Å². The van der Waals surface area contributed by atoms with Crippen molar-refractivity contribution in [3.05, 3.63) is 71.6 Å². The zero-order chi connectivity index (χ0) is 24.7. The maximum Gasteiger partial charge on any atom is 0.308 e. The van der Waals surface area contributed by atoms with Crippen LogP contribution in [0.15, 0.2) is 66.0 Å². The highest BCUT2D eigenvalue weighted by atomic mass is 16.5. The Morgan fingerprint density at radius 1 is 0.971 bits per heavy atom. The Morgan fingerprint density at radius 2 is 1.56 bits per heavy atom. The minimum atomic E-state index is -0.571. The Labute approximate surface area is 199 Å². The van der Waals surface area contributed by atoms with Gasteiger partial charge < -0.3 is 19.9 Å². The van der Waals surface area contributed by atoms with Gasteiger partial charge in [-0.05, 0) is 24.6 Å². The second kappa shape index (κ2) is 11.1. The van der Waals surface area contributed by atoms with Gasteiger partial charge in [0, 0.05) is 26.9 Å². The number of anilines is 2. The first-order valence-corrected chi connectivity index (χ1v) is 11.1. The zero-order valence-electron chi connectivity index (χ0n) is 19.6. The minimum Gasteiger partial charge on any atom is -0.466 e. The first-order chi connectivity index (χ1) is 16.4. The molecule has 0 spiro atoms. The SMILES string of the molecule is CCOC(=O)CC(NC(=O)CCC(=O)C(C#N)=C1N(C)c2ccccc2N1C)c1ccccc1. The van der Waals surface area contributed by atoms with Gasteiger partial charge >= 0.3 is 5.97 Å². The Hall–Kier alpha value is -4.12. The fraction of sp³-hybridized carbons (Fsp3) is 0.308. The molecule has 0 radical (unpaired) electrons. The van der Waals surface area contributed by atoms with Crippen molar-refractivity contribution in [1.82, 2.24) is 5.32 Å². The molecular formula is C26H28N4O4. The quantitative estimate of drug-likeness (QED) is 0.347. The van der Waals surface area contributed by atoms with Crippen LogP contribution in [0.1, 0.15) is 37.8 Å². The van der Waals surface area contributed by atoms with Gasteiger partial charge in [-0.25, -0.2) is 0 Å². The summed E-state index contributed by atoms with van der Waals surface area (Å²) in [7, 11) is 3.60. The van der Waals surface area contributed by atoms with E-state index in [-0.39, 0.29) is 37.3 Å². The lowest BCUT2D eigenvalue weighted by molar-refractivity contribution is -0.143. The average molecular weight is 461 g/mol. The molecule has 1 N–H and O–H groups in total. The molecule has 0 fully saturated rings. The number of hydrogen-bond acceptors (Lipinski definition) is 7. The zero-order valence-corrected chi connectivity index (χ0v) is 19.6. The molecule has 8 nitrogen and oxygen atoms in total. The number of ether oxygens (including phenoxy) is 1. The number of carbonyl (C=O) groups excluding carboxylic acids is 3. The molecule has 176 valence electrons. The van der Waals surface area contributed by atoms with Crippen LogP contribution in [0.2, 0.25) is 0 Å². The predicted molar refractivity (Wildman–Crippen MR) is 129 cm³/mol. The number of benzene rings is 2. The maximum absolute atomic E-state index is 12.9. The van der Waals surface area contributed by atoms with Crippen molar-refractivity contribution in [2.24, 2.45) is 0 Å². The summed E-state index contributed by atoms with van der Waals surface area (Å²) in [6.45, 7) is 1.97. The number of esters is 1. The number of nitriles is 1. The van der Waals surface area contributed by atoms with E-state index in [0.717, 1.165) is 16.9 Å². The highest BCUT2D eigenvalue weighted by molar-refractivity contribution is 6.03. The number of nitrogens with one attached hydrogen (secondary N) is 1. The Kier molecular flexibility index (Phi) is 8.04. The fourth-order valence-corrected chi connectivity index (χ4v) is 4.00. The van der Waals surface area contributed by atoms with Crippen molar-refractivity contribution in [3.8, 4) is 6.07 Å². The predicted octanol–water partition coefficient (Wildman–Crippen LogP) is 3.47. The number of fused-ring (bicyclic) bond motifs is 1. The van der Waals surface area contributed by atoms with E-state index in [9.17, 15) is 19.6 Å². The largest absolute Gasteiger partial charge is 0.466 e. The molecule has 2 aromatic rings. The number of Topliss-reactive ketones (excluding diaryl/α,β-unsaturated/α-hetero) is 1. The molecule has 3 rings (SSSR count). The molecule has 0 bridgehead atoms. The normalized spacial score (nSPS) is 13.1. The summed E-state index contributed by atoms with van der Waals surface area (Å²) >= 11 is 0. The summed E-state index contributed by atoms with van der Waals surface area (Å²) in [6, 6.07) is 18.2. The molecular weight excluding hydrogens is 432 g/mol. The van der Waals surface area contributed by atoms with E-state index in [1.165, 1.54) is 0 Å². The van der Waals surface area contributed by atoms with Gasteiger partial charge in [-0.2, -0.15) is 5.26 Å². The van der Waals surface area contributed by atoms with Crippen LogP contribution < -0.4 is 15.1 Å². The first-order valence-electron chi connectivity index (χ1n) is 11.1. The highest BCUT2D eigenvalue weighted by Crippen LogP contribution is 2.40. The van der Waals surface area contributed by atoms with E-state index >= 15 is 0 Å². The van der Waals surface area contributed by atoms with Crippen LogP contribution >= 0.6 is 0 Å². The van der Waals surface area contributed by atoms with Crippen molar-refractivity contribution in [2.45, 2.75) is 32.2 Å². The van der Waals surface area contributed by atoms with Crippen LogP contribution in [0.25, 0.3) is 0 Å². The monoisotopic (exact) mass is 460 g/mol. The van der Waals surface area contributed by atoms with Crippen molar-refractivity contribution >= 4 is 29.0 Å². The smallest absolute Gasteiger partial charge is 0.308 e. The number of carbonyl (C=O) groups is 3. The molecule has 1 amide bonds. The number of para-hydroxylation sites is 2. The van der Waals surface area contributed by atoms with Crippen LogP contribution in [-0.2, 0) is 19.1 Å². The van der Waals surface area contributed by atoms with E-state index in [1.54, 1.807) is 30.8 Å². The van der Waals surface area contributed by atoms with Gasteiger partial charge in [0.15, 0.2) is 5.78 Å². The van der Waals surface area contributed by atoms with Crippen LogP contribution in [0.5, 0.6) is 0 Å². The third kappa shape index (κ3) is 5.44. The molecule has 1 atom stereocenters. The first kappa shape index (κ1) is 24.5. The van der Waals surface area contributed by atoms with Crippen molar-refractivity contribution < 1.29 is 19.1 Å². The third-order valence-corrected chi connectivity index (χ3v) is 5.65. The minimum absolute atomic E-state index is 0.000123. The Balaban J connectivity index is 1.69. The van der Waals surface area contributed by atoms with Gasteiger partial charge in [-0.15, -0.1) is 0 Å². The van der Waals surface area contributed by atoms with Gasteiger partial charge in [0.05, 0.1) is 30.4 Å². The molecule has 0 aliphatic carbocycles. The number of hydrogen-bond donors (Lipinski definition) is 1. The average Bonchev–Trinajstić information content (AvgIpc) is 3.09. The number of ketones is 1. The lowest BCUT2D eigenvalue weighted by atomic mass is 10.0. The Morgan fingerprint density at radius 3 is 2.12 bits per heavy atom. The lowest BCUT2D eigenvalue weighted by Gasteiger charge is -2.20. The second-order valence-corrected chi connectivity index (χ2v) is 7.88. The number of allylic oxidation sites excluding steroid dienone is 1. The maximum atomic E-state index is 12.9. The summed E-state index contributed by atoms with van der Waals surface area (Å²) in [6.07, 6.45) is -0.250. The number of amides is 1. The molecule has 8 heteroatoms. The van der Waals surface area contributed by atoms with Crippen molar-refractivity contribution in [2.75, 3.05) is 30.5 Å². The topological polar surface area (TPSA) is 103 Å². The van der Waals surface area contributed by atoms with Gasteiger partial charge in [-0.3, -0.25) is 14.4 Å². The Bertz CT molecular complexity index is 1110. The molecule has 1 aliphatic heterocycles. The molecule has 1 aliphatic rings.